The van der Waals surface area contributed by atoms with Crippen LogP contribution >= 0.6 is 0 Å². The van der Waals surface area contributed by atoms with E-state index in [-0.39, 0.29) is 11.7 Å². The Morgan fingerprint density at radius 1 is 1.47 bits per heavy atom. The van der Waals surface area contributed by atoms with Crippen molar-refractivity contribution < 1.29 is 14.4 Å². The van der Waals surface area contributed by atoms with Crippen molar-refractivity contribution in [1.29, 1.82) is 0 Å². The lowest BCUT2D eigenvalue weighted by Gasteiger charge is -2.04. The molecule has 0 bridgehead atoms. The van der Waals surface area contributed by atoms with Gasteiger partial charge >= 0.3 is 0 Å². The Morgan fingerprint density at radius 2 is 2.26 bits per heavy atom. The number of hydrogen-bond acceptors (Lipinski definition) is 6. The van der Waals surface area contributed by atoms with Gasteiger partial charge in [-0.05, 0) is 31.2 Å². The topological polar surface area (TPSA) is 94.4 Å². The minimum Gasteiger partial charge on any atom is -0.504 e. The van der Waals surface area contributed by atoms with Crippen molar-refractivity contribution in [1.82, 2.24) is 10.1 Å². The van der Waals surface area contributed by atoms with E-state index in [0.29, 0.717) is 24.0 Å². The Hall–Kier alpha value is -2.08. The third-order valence-corrected chi connectivity index (χ3v) is 2.90. The van der Waals surface area contributed by atoms with E-state index < -0.39 is 0 Å². The van der Waals surface area contributed by atoms with Crippen molar-refractivity contribution in [2.75, 3.05) is 13.7 Å². The first kappa shape index (κ1) is 13.4. The van der Waals surface area contributed by atoms with Crippen molar-refractivity contribution in [2.24, 2.45) is 5.73 Å². The van der Waals surface area contributed by atoms with Gasteiger partial charge in [0.25, 0.3) is 0 Å². The van der Waals surface area contributed by atoms with Crippen LogP contribution in [-0.4, -0.2) is 28.9 Å². The Morgan fingerprint density at radius 3 is 2.95 bits per heavy atom. The second-order valence-electron chi connectivity index (χ2n) is 4.32. The molecule has 0 amide bonds. The zero-order valence-electron chi connectivity index (χ0n) is 11.0. The molecule has 0 saturated heterocycles. The number of nitrogens with zero attached hydrogens (tertiary/aromatic N) is 2. The van der Waals surface area contributed by atoms with Crippen LogP contribution in [0.15, 0.2) is 22.7 Å². The SMILES string of the molecule is COc1cc(-c2noc(C(C)CCN)n2)ccc1O. The number of methoxy groups -OCH3 is 1. The number of hydrogen-bond donors (Lipinski definition) is 2. The van der Waals surface area contributed by atoms with Crippen LogP contribution in [0, 0.1) is 0 Å². The van der Waals surface area contributed by atoms with Crippen molar-refractivity contribution in [2.45, 2.75) is 19.3 Å². The van der Waals surface area contributed by atoms with Gasteiger partial charge in [0, 0.05) is 11.5 Å². The second kappa shape index (κ2) is 5.71. The number of phenols is 1. The highest BCUT2D eigenvalue weighted by molar-refractivity contribution is 5.60. The third-order valence-electron chi connectivity index (χ3n) is 2.90. The lowest BCUT2D eigenvalue weighted by Crippen LogP contribution is -2.04. The average molecular weight is 263 g/mol. The van der Waals surface area contributed by atoms with Crippen LogP contribution in [0.1, 0.15) is 25.2 Å². The molecule has 1 aromatic carbocycles. The van der Waals surface area contributed by atoms with Crippen LogP contribution in [0.4, 0.5) is 0 Å². The monoisotopic (exact) mass is 263 g/mol. The fraction of sp³-hybridized carbons (Fsp3) is 0.385. The summed E-state index contributed by atoms with van der Waals surface area (Å²) in [5.41, 5.74) is 6.23. The summed E-state index contributed by atoms with van der Waals surface area (Å²) in [6.45, 7) is 2.56. The highest BCUT2D eigenvalue weighted by Gasteiger charge is 2.15. The molecule has 19 heavy (non-hydrogen) atoms. The molecule has 6 heteroatoms. The Labute approximate surface area is 111 Å². The van der Waals surface area contributed by atoms with Crippen LogP contribution in [0.2, 0.25) is 0 Å². The van der Waals surface area contributed by atoms with E-state index in [1.165, 1.54) is 13.2 Å². The number of aromatic nitrogens is 2. The highest BCUT2D eigenvalue weighted by Crippen LogP contribution is 2.30. The average Bonchev–Trinajstić information content (AvgIpc) is 2.89. The summed E-state index contributed by atoms with van der Waals surface area (Å²) in [7, 11) is 1.49. The molecule has 2 rings (SSSR count). The van der Waals surface area contributed by atoms with Crippen molar-refractivity contribution in [3.05, 3.63) is 24.1 Å². The molecule has 1 aromatic heterocycles. The molecule has 0 aliphatic rings. The Balaban J connectivity index is 2.27. The normalized spacial score (nSPS) is 12.4. The lowest BCUT2D eigenvalue weighted by atomic mass is 10.1. The van der Waals surface area contributed by atoms with Gasteiger partial charge in [-0.3, -0.25) is 0 Å². The lowest BCUT2D eigenvalue weighted by molar-refractivity contribution is 0.355. The molecule has 3 N–H and O–H groups in total. The molecule has 6 nitrogen and oxygen atoms in total. The van der Waals surface area contributed by atoms with Gasteiger partial charge in [0.1, 0.15) is 0 Å². The smallest absolute Gasteiger partial charge is 0.229 e. The number of rotatable bonds is 5. The first-order valence-electron chi connectivity index (χ1n) is 6.06. The van der Waals surface area contributed by atoms with Crippen molar-refractivity contribution in [3.8, 4) is 22.9 Å². The number of aromatic hydroxyl groups is 1. The largest absolute Gasteiger partial charge is 0.504 e. The van der Waals surface area contributed by atoms with Gasteiger partial charge in [-0.25, -0.2) is 0 Å². The van der Waals surface area contributed by atoms with E-state index in [2.05, 4.69) is 10.1 Å². The first-order valence-corrected chi connectivity index (χ1v) is 6.06. The molecular formula is C13H17N3O3. The summed E-state index contributed by atoms with van der Waals surface area (Å²) in [4.78, 5) is 4.33. The van der Waals surface area contributed by atoms with Crippen LogP contribution in [-0.2, 0) is 0 Å². The molecule has 0 radical (unpaired) electrons. The van der Waals surface area contributed by atoms with Gasteiger partial charge in [-0.2, -0.15) is 4.98 Å². The number of ether oxygens (including phenoxy) is 1. The van der Waals surface area contributed by atoms with Gasteiger partial charge in [-0.15, -0.1) is 0 Å². The summed E-state index contributed by atoms with van der Waals surface area (Å²) in [6.07, 6.45) is 0.792. The quantitative estimate of drug-likeness (QED) is 0.855. The molecule has 0 spiro atoms. The number of benzene rings is 1. The van der Waals surface area contributed by atoms with Crippen molar-refractivity contribution >= 4 is 0 Å². The zero-order valence-corrected chi connectivity index (χ0v) is 11.0. The summed E-state index contributed by atoms with van der Waals surface area (Å²) < 4.78 is 10.3. The standard InChI is InChI=1S/C13H17N3O3/c1-8(5-6-14)13-15-12(16-19-13)9-3-4-10(17)11(7-9)18-2/h3-4,7-8,17H,5-6,14H2,1-2H3. The Bertz CT molecular complexity index is 554. The van der Waals surface area contributed by atoms with Crippen LogP contribution < -0.4 is 10.5 Å². The van der Waals surface area contributed by atoms with E-state index in [1.54, 1.807) is 12.1 Å². The summed E-state index contributed by atoms with van der Waals surface area (Å²) >= 11 is 0. The minimum absolute atomic E-state index is 0.0754. The van der Waals surface area contributed by atoms with E-state index >= 15 is 0 Å². The van der Waals surface area contributed by atoms with Gasteiger partial charge in [0.15, 0.2) is 11.5 Å². The molecule has 0 saturated carbocycles. The molecule has 1 atom stereocenters. The molecule has 0 aliphatic heterocycles. The number of nitrogens with two attached hydrogens (primary N) is 1. The maximum Gasteiger partial charge on any atom is 0.229 e. The van der Waals surface area contributed by atoms with Gasteiger partial charge in [0.2, 0.25) is 11.7 Å². The van der Waals surface area contributed by atoms with Gasteiger partial charge < -0.3 is 20.1 Å². The minimum atomic E-state index is 0.0754. The van der Waals surface area contributed by atoms with Crippen LogP contribution in [0.25, 0.3) is 11.4 Å². The summed E-state index contributed by atoms with van der Waals surface area (Å²) in [5.74, 6) is 1.61. The van der Waals surface area contributed by atoms with Crippen molar-refractivity contribution in [3.63, 3.8) is 0 Å². The number of phenolic OH excluding ortho intramolecular Hbond substituents is 1. The zero-order chi connectivity index (χ0) is 13.8. The first-order chi connectivity index (χ1) is 9.15. The predicted molar refractivity (Wildman–Crippen MR) is 70.0 cm³/mol. The molecule has 1 unspecified atom stereocenters. The van der Waals surface area contributed by atoms with E-state index in [1.807, 2.05) is 6.92 Å². The van der Waals surface area contributed by atoms with Gasteiger partial charge in [-0.1, -0.05) is 12.1 Å². The fourth-order valence-corrected chi connectivity index (χ4v) is 1.74. The second-order valence-corrected chi connectivity index (χ2v) is 4.32. The summed E-state index contributed by atoms with van der Waals surface area (Å²) in [6, 6.07) is 4.91. The van der Waals surface area contributed by atoms with Crippen LogP contribution in [0.5, 0.6) is 11.5 Å². The molecule has 0 fully saturated rings. The predicted octanol–water partition coefficient (Wildman–Crippen LogP) is 1.90. The molecule has 2 aromatic rings. The third kappa shape index (κ3) is 2.85. The molecule has 102 valence electrons. The Kier molecular flexibility index (Phi) is 4.01. The van der Waals surface area contributed by atoms with E-state index in [4.69, 9.17) is 15.0 Å². The maximum atomic E-state index is 9.54. The fourth-order valence-electron chi connectivity index (χ4n) is 1.74. The maximum absolute atomic E-state index is 9.54. The van der Waals surface area contributed by atoms with E-state index in [0.717, 1.165) is 12.0 Å². The van der Waals surface area contributed by atoms with E-state index in [9.17, 15) is 5.11 Å². The molecule has 1 heterocycles. The van der Waals surface area contributed by atoms with Crippen LogP contribution in [0.3, 0.4) is 0 Å². The highest BCUT2D eigenvalue weighted by atomic mass is 16.5. The van der Waals surface area contributed by atoms with Gasteiger partial charge in [0.05, 0.1) is 7.11 Å². The summed E-state index contributed by atoms with van der Waals surface area (Å²) in [5, 5.41) is 13.5. The molecular weight excluding hydrogens is 246 g/mol. The molecule has 0 aliphatic carbocycles.